The summed E-state index contributed by atoms with van der Waals surface area (Å²) in [6.45, 7) is 2.21. The van der Waals surface area contributed by atoms with Gasteiger partial charge in [-0.25, -0.2) is 13.1 Å². The van der Waals surface area contributed by atoms with Gasteiger partial charge in [-0.3, -0.25) is 9.97 Å². The predicted octanol–water partition coefficient (Wildman–Crippen LogP) is 0.0607. The van der Waals surface area contributed by atoms with E-state index < -0.39 is 10.0 Å². The van der Waals surface area contributed by atoms with Crippen LogP contribution in [0.5, 0.6) is 0 Å². The van der Waals surface area contributed by atoms with Gasteiger partial charge >= 0.3 is 0 Å². The highest BCUT2D eigenvalue weighted by atomic mass is 32.2. The fraction of sp³-hybridized carbons (Fsp3) is 0.333. The molecular formula is C12H17N5O2S. The highest BCUT2D eigenvalue weighted by molar-refractivity contribution is 7.89. The van der Waals surface area contributed by atoms with Crippen molar-refractivity contribution >= 4 is 10.0 Å². The minimum atomic E-state index is -3.57. The van der Waals surface area contributed by atoms with Crippen molar-refractivity contribution in [3.8, 4) is 0 Å². The normalized spacial score (nSPS) is 11.8. The van der Waals surface area contributed by atoms with E-state index in [9.17, 15) is 8.42 Å². The van der Waals surface area contributed by atoms with Crippen LogP contribution in [0, 0.1) is 6.92 Å². The van der Waals surface area contributed by atoms with E-state index in [0.29, 0.717) is 5.69 Å². The van der Waals surface area contributed by atoms with Crippen LogP contribution in [-0.4, -0.2) is 23.0 Å². The molecule has 7 nitrogen and oxygen atoms in total. The molecule has 2 rings (SSSR count). The molecule has 20 heavy (non-hydrogen) atoms. The molecule has 0 unspecified atom stereocenters. The average Bonchev–Trinajstić information content (AvgIpc) is 2.80. The third kappa shape index (κ3) is 3.21. The van der Waals surface area contributed by atoms with Crippen LogP contribution in [0.4, 0.5) is 0 Å². The van der Waals surface area contributed by atoms with Crippen molar-refractivity contribution in [2.24, 2.45) is 12.8 Å². The smallest absolute Gasteiger partial charge is 0.242 e. The van der Waals surface area contributed by atoms with Crippen LogP contribution in [0.25, 0.3) is 0 Å². The van der Waals surface area contributed by atoms with Crippen molar-refractivity contribution in [2.45, 2.75) is 24.9 Å². The largest absolute Gasteiger partial charge is 0.352 e. The zero-order chi connectivity index (χ0) is 14.8. The lowest BCUT2D eigenvalue weighted by Crippen LogP contribution is -2.23. The summed E-state index contributed by atoms with van der Waals surface area (Å²) in [5, 5.41) is 0. The van der Waals surface area contributed by atoms with Gasteiger partial charge in [-0.1, -0.05) is 0 Å². The van der Waals surface area contributed by atoms with Crippen LogP contribution in [0.15, 0.2) is 29.6 Å². The van der Waals surface area contributed by atoms with Crippen molar-refractivity contribution in [1.82, 2.24) is 19.3 Å². The van der Waals surface area contributed by atoms with E-state index in [1.807, 2.05) is 6.92 Å². The lowest BCUT2D eigenvalue weighted by Gasteiger charge is -2.04. The van der Waals surface area contributed by atoms with E-state index in [2.05, 4.69) is 14.7 Å². The molecule has 0 aromatic carbocycles. The Bertz CT molecular complexity index is 691. The molecule has 0 saturated carbocycles. The molecule has 0 aliphatic carbocycles. The summed E-state index contributed by atoms with van der Waals surface area (Å²) in [6.07, 6.45) is 4.68. The third-order valence-electron chi connectivity index (χ3n) is 2.88. The number of nitrogens with one attached hydrogen (secondary N) is 1. The number of aromatic nitrogens is 3. The maximum absolute atomic E-state index is 12.1. The van der Waals surface area contributed by atoms with Gasteiger partial charge in [0.1, 0.15) is 0 Å². The van der Waals surface area contributed by atoms with Crippen molar-refractivity contribution in [3.63, 3.8) is 0 Å². The zero-order valence-corrected chi connectivity index (χ0v) is 12.2. The van der Waals surface area contributed by atoms with Gasteiger partial charge in [0.2, 0.25) is 10.0 Å². The Labute approximate surface area is 117 Å². The fourth-order valence-corrected chi connectivity index (χ4v) is 2.78. The first-order valence-electron chi connectivity index (χ1n) is 6.05. The molecule has 0 aliphatic rings. The number of nitrogens with two attached hydrogens (primary N) is 1. The Kier molecular flexibility index (Phi) is 4.17. The predicted molar refractivity (Wildman–Crippen MR) is 74.1 cm³/mol. The van der Waals surface area contributed by atoms with E-state index in [4.69, 9.17) is 5.73 Å². The van der Waals surface area contributed by atoms with Crippen LogP contribution < -0.4 is 10.5 Å². The number of hydrogen-bond donors (Lipinski definition) is 2. The molecule has 8 heteroatoms. The van der Waals surface area contributed by atoms with Crippen molar-refractivity contribution in [2.75, 3.05) is 0 Å². The third-order valence-corrected chi connectivity index (χ3v) is 4.25. The van der Waals surface area contributed by atoms with Gasteiger partial charge < -0.3 is 10.3 Å². The van der Waals surface area contributed by atoms with Crippen molar-refractivity contribution in [3.05, 3.63) is 41.7 Å². The van der Waals surface area contributed by atoms with Gasteiger partial charge in [0.25, 0.3) is 0 Å². The van der Waals surface area contributed by atoms with Crippen molar-refractivity contribution < 1.29 is 8.42 Å². The summed E-state index contributed by atoms with van der Waals surface area (Å²) in [6, 6.07) is 1.56. The molecule has 0 radical (unpaired) electrons. The Morgan fingerprint density at radius 1 is 1.35 bits per heavy atom. The molecule has 0 atom stereocenters. The maximum Gasteiger partial charge on any atom is 0.242 e. The van der Waals surface area contributed by atoms with Gasteiger partial charge in [0.15, 0.2) is 0 Å². The van der Waals surface area contributed by atoms with Crippen LogP contribution in [-0.2, 0) is 30.2 Å². The zero-order valence-electron chi connectivity index (χ0n) is 11.4. The SMILES string of the molecule is Cc1cnc(CNS(=O)(=O)c2cc(CN)n(C)c2)cn1. The Morgan fingerprint density at radius 3 is 2.65 bits per heavy atom. The first kappa shape index (κ1) is 14.6. The molecule has 3 N–H and O–H groups in total. The second kappa shape index (κ2) is 5.70. The number of rotatable bonds is 5. The molecule has 2 aromatic rings. The van der Waals surface area contributed by atoms with E-state index in [-0.39, 0.29) is 18.0 Å². The second-order valence-electron chi connectivity index (χ2n) is 4.46. The molecular weight excluding hydrogens is 278 g/mol. The highest BCUT2D eigenvalue weighted by Gasteiger charge is 2.17. The minimum absolute atomic E-state index is 0.0997. The Morgan fingerprint density at radius 2 is 2.10 bits per heavy atom. The van der Waals surface area contributed by atoms with Crippen LogP contribution in [0.1, 0.15) is 17.1 Å². The monoisotopic (exact) mass is 295 g/mol. The lowest BCUT2D eigenvalue weighted by atomic mass is 10.4. The molecule has 0 spiro atoms. The summed E-state index contributed by atoms with van der Waals surface area (Å²) in [5.74, 6) is 0. The van der Waals surface area contributed by atoms with Crippen molar-refractivity contribution in [1.29, 1.82) is 0 Å². The van der Waals surface area contributed by atoms with Gasteiger partial charge in [-0.05, 0) is 13.0 Å². The summed E-state index contributed by atoms with van der Waals surface area (Å²) < 4.78 is 28.5. The van der Waals surface area contributed by atoms with E-state index in [1.165, 1.54) is 6.20 Å². The topological polar surface area (TPSA) is 103 Å². The van der Waals surface area contributed by atoms with Gasteiger partial charge in [-0.15, -0.1) is 0 Å². The lowest BCUT2D eigenvalue weighted by molar-refractivity contribution is 0.580. The number of hydrogen-bond acceptors (Lipinski definition) is 5. The number of nitrogens with zero attached hydrogens (tertiary/aromatic N) is 3. The Hall–Kier alpha value is -1.77. The number of aryl methyl sites for hydroxylation is 2. The molecule has 2 aromatic heterocycles. The minimum Gasteiger partial charge on any atom is -0.352 e. The first-order valence-corrected chi connectivity index (χ1v) is 7.53. The van der Waals surface area contributed by atoms with E-state index in [1.54, 1.807) is 30.1 Å². The van der Waals surface area contributed by atoms with Gasteiger partial charge in [-0.2, -0.15) is 0 Å². The highest BCUT2D eigenvalue weighted by Crippen LogP contribution is 2.13. The summed E-state index contributed by atoms with van der Waals surface area (Å²) >= 11 is 0. The maximum atomic E-state index is 12.1. The molecule has 0 aliphatic heterocycles. The summed E-state index contributed by atoms with van der Waals surface area (Å²) in [4.78, 5) is 8.36. The molecule has 0 saturated heterocycles. The standard InChI is InChI=1S/C12H17N5O2S/c1-9-5-15-10(6-14-9)7-16-20(18,19)12-3-11(4-13)17(2)8-12/h3,5-6,8,16H,4,7,13H2,1-2H3. The Balaban J connectivity index is 2.12. The quantitative estimate of drug-likeness (QED) is 0.812. The van der Waals surface area contributed by atoms with Gasteiger partial charge in [0, 0.05) is 31.7 Å². The second-order valence-corrected chi connectivity index (χ2v) is 6.22. The summed E-state index contributed by atoms with van der Waals surface area (Å²) in [7, 11) is -1.82. The van der Waals surface area contributed by atoms with E-state index in [0.717, 1.165) is 11.4 Å². The number of sulfonamides is 1. The average molecular weight is 295 g/mol. The molecule has 0 fully saturated rings. The van der Waals surface area contributed by atoms with Crippen LogP contribution in [0.2, 0.25) is 0 Å². The summed E-state index contributed by atoms with van der Waals surface area (Å²) in [5.41, 5.74) is 7.63. The molecule has 0 bridgehead atoms. The molecule has 108 valence electrons. The molecule has 2 heterocycles. The molecule has 0 amide bonds. The van der Waals surface area contributed by atoms with Gasteiger partial charge in [0.05, 0.1) is 29.0 Å². The van der Waals surface area contributed by atoms with Crippen LogP contribution in [0.3, 0.4) is 0 Å². The van der Waals surface area contributed by atoms with E-state index >= 15 is 0 Å². The van der Waals surface area contributed by atoms with Crippen LogP contribution >= 0.6 is 0 Å². The first-order chi connectivity index (χ1) is 9.42. The fourth-order valence-electron chi connectivity index (χ4n) is 1.69.